The second-order valence-electron chi connectivity index (χ2n) is 8.81. The van der Waals surface area contributed by atoms with Gasteiger partial charge in [-0.3, -0.25) is 9.78 Å². The molecule has 7 heteroatoms. The number of hydrogen-bond donors (Lipinski definition) is 1. The van der Waals surface area contributed by atoms with Crippen molar-refractivity contribution in [3.63, 3.8) is 0 Å². The number of aromatic amines is 1. The van der Waals surface area contributed by atoms with E-state index in [0.29, 0.717) is 36.4 Å². The number of benzene rings is 2. The molecule has 1 fully saturated rings. The first kappa shape index (κ1) is 20.9. The maximum atomic E-state index is 13.3. The lowest BCUT2D eigenvalue weighted by Crippen LogP contribution is -2.36. The molecule has 0 aliphatic carbocycles. The SMILES string of the molecule is O=C(c1cncc2cc[nH]c12)N1CCC(=C2c3ccccc3CS(=O)(=O)c3ccccc32)CC1. The molecule has 0 saturated carbocycles. The first-order valence-electron chi connectivity index (χ1n) is 11.4. The molecule has 6 nitrogen and oxygen atoms in total. The quantitative estimate of drug-likeness (QED) is 0.442. The van der Waals surface area contributed by atoms with Crippen LogP contribution in [0.5, 0.6) is 0 Å². The van der Waals surface area contributed by atoms with E-state index < -0.39 is 9.84 Å². The number of fused-ring (bicyclic) bond motifs is 3. The van der Waals surface area contributed by atoms with Gasteiger partial charge < -0.3 is 9.88 Å². The van der Waals surface area contributed by atoms with Crippen LogP contribution in [0.4, 0.5) is 0 Å². The summed E-state index contributed by atoms with van der Waals surface area (Å²) in [5, 5.41) is 0.915. The van der Waals surface area contributed by atoms with Crippen LogP contribution in [0, 0.1) is 0 Å². The van der Waals surface area contributed by atoms with Crippen LogP contribution in [0.25, 0.3) is 16.5 Å². The average Bonchev–Trinajstić information content (AvgIpc) is 3.31. The van der Waals surface area contributed by atoms with Crippen molar-refractivity contribution in [2.45, 2.75) is 23.5 Å². The molecule has 34 heavy (non-hydrogen) atoms. The fourth-order valence-electron chi connectivity index (χ4n) is 5.18. The highest BCUT2D eigenvalue weighted by atomic mass is 32.2. The summed E-state index contributed by atoms with van der Waals surface area (Å²) in [7, 11) is -3.45. The van der Waals surface area contributed by atoms with E-state index in [1.807, 2.05) is 53.6 Å². The van der Waals surface area contributed by atoms with Gasteiger partial charge >= 0.3 is 0 Å². The smallest absolute Gasteiger partial charge is 0.257 e. The predicted molar refractivity (Wildman–Crippen MR) is 131 cm³/mol. The molecule has 2 aromatic carbocycles. The molecule has 1 saturated heterocycles. The van der Waals surface area contributed by atoms with E-state index in [-0.39, 0.29) is 11.7 Å². The van der Waals surface area contributed by atoms with Gasteiger partial charge in [-0.05, 0) is 41.7 Å². The van der Waals surface area contributed by atoms with Crippen molar-refractivity contribution in [1.29, 1.82) is 0 Å². The number of sulfone groups is 1. The van der Waals surface area contributed by atoms with Crippen LogP contribution in [0.15, 0.2) is 83.7 Å². The van der Waals surface area contributed by atoms with Crippen molar-refractivity contribution < 1.29 is 13.2 Å². The summed E-state index contributed by atoms with van der Waals surface area (Å²) in [4.78, 5) is 22.9. The third kappa shape index (κ3) is 3.35. The van der Waals surface area contributed by atoms with E-state index in [1.54, 1.807) is 24.5 Å². The molecule has 0 unspecified atom stereocenters. The molecule has 0 bridgehead atoms. The molecule has 0 radical (unpaired) electrons. The number of hydrogen-bond acceptors (Lipinski definition) is 4. The molecule has 0 atom stereocenters. The van der Waals surface area contributed by atoms with Crippen LogP contribution >= 0.6 is 0 Å². The Kier molecular flexibility index (Phi) is 4.88. The number of aromatic nitrogens is 2. The Bertz CT molecular complexity index is 1570. The number of likely N-dealkylation sites (tertiary alicyclic amines) is 1. The third-order valence-corrected chi connectivity index (χ3v) is 8.54. The van der Waals surface area contributed by atoms with Crippen molar-refractivity contribution in [3.8, 4) is 0 Å². The van der Waals surface area contributed by atoms with Gasteiger partial charge in [0.15, 0.2) is 9.84 Å². The van der Waals surface area contributed by atoms with Gasteiger partial charge in [0.25, 0.3) is 5.91 Å². The molecular formula is C27H23N3O3S. The molecule has 0 spiro atoms. The number of H-pyrrole nitrogens is 1. The number of pyridine rings is 1. The minimum absolute atomic E-state index is 0.00523. The Morgan fingerprint density at radius 3 is 2.47 bits per heavy atom. The molecule has 170 valence electrons. The van der Waals surface area contributed by atoms with Gasteiger partial charge in [0.05, 0.1) is 21.7 Å². The average molecular weight is 470 g/mol. The molecule has 4 heterocycles. The maximum Gasteiger partial charge on any atom is 0.257 e. The number of amides is 1. The maximum absolute atomic E-state index is 13.3. The summed E-state index contributed by atoms with van der Waals surface area (Å²) >= 11 is 0. The zero-order valence-corrected chi connectivity index (χ0v) is 19.3. The van der Waals surface area contributed by atoms with Gasteiger partial charge in [-0.25, -0.2) is 8.42 Å². The monoisotopic (exact) mass is 469 g/mol. The minimum atomic E-state index is -3.45. The van der Waals surface area contributed by atoms with E-state index in [4.69, 9.17) is 0 Å². The first-order chi connectivity index (χ1) is 16.5. The van der Waals surface area contributed by atoms with Gasteiger partial charge in [0.2, 0.25) is 0 Å². The summed E-state index contributed by atoms with van der Waals surface area (Å²) in [6.07, 6.45) is 6.57. The minimum Gasteiger partial charge on any atom is -0.360 e. The van der Waals surface area contributed by atoms with Crippen molar-refractivity contribution in [2.24, 2.45) is 0 Å². The standard InChI is InChI=1S/C27H23N3O3S/c31-27(23-16-28-15-19-9-12-29-26(19)23)30-13-10-18(11-14-30)25-21-6-2-1-5-20(21)17-34(32,33)24-8-4-3-7-22(24)25/h1-9,12,15-16,29H,10-11,13-14,17H2. The van der Waals surface area contributed by atoms with E-state index >= 15 is 0 Å². The Morgan fingerprint density at radius 2 is 1.65 bits per heavy atom. The molecule has 6 rings (SSSR count). The topological polar surface area (TPSA) is 83.1 Å². The lowest BCUT2D eigenvalue weighted by Gasteiger charge is -2.30. The highest BCUT2D eigenvalue weighted by molar-refractivity contribution is 7.90. The molecule has 2 aliphatic rings. The van der Waals surface area contributed by atoms with Gasteiger partial charge in [0, 0.05) is 42.6 Å². The molecule has 4 aromatic rings. The lowest BCUT2D eigenvalue weighted by atomic mass is 9.86. The Balaban J connectivity index is 1.39. The summed E-state index contributed by atoms with van der Waals surface area (Å²) < 4.78 is 26.4. The van der Waals surface area contributed by atoms with Gasteiger partial charge in [-0.15, -0.1) is 0 Å². The van der Waals surface area contributed by atoms with E-state index in [9.17, 15) is 13.2 Å². The second-order valence-corrected chi connectivity index (χ2v) is 10.8. The number of nitrogens with zero attached hydrogens (tertiary/aromatic N) is 2. The summed E-state index contributed by atoms with van der Waals surface area (Å²) in [5.74, 6) is -0.0387. The normalized spacial score (nSPS) is 17.2. The highest BCUT2D eigenvalue weighted by Crippen LogP contribution is 2.41. The zero-order chi connectivity index (χ0) is 23.3. The molecule has 1 amide bonds. The van der Waals surface area contributed by atoms with E-state index in [1.165, 1.54) is 5.57 Å². The third-order valence-electron chi connectivity index (χ3n) is 6.83. The number of rotatable bonds is 1. The largest absolute Gasteiger partial charge is 0.360 e. The molecular weight excluding hydrogens is 446 g/mol. The van der Waals surface area contributed by atoms with E-state index in [2.05, 4.69) is 9.97 Å². The molecule has 1 N–H and O–H groups in total. The lowest BCUT2D eigenvalue weighted by molar-refractivity contribution is 0.0745. The zero-order valence-electron chi connectivity index (χ0n) is 18.5. The van der Waals surface area contributed by atoms with Gasteiger partial charge in [-0.1, -0.05) is 48.0 Å². The second kappa shape index (κ2) is 7.95. The Morgan fingerprint density at radius 1 is 0.912 bits per heavy atom. The van der Waals surface area contributed by atoms with E-state index in [0.717, 1.165) is 33.2 Å². The van der Waals surface area contributed by atoms with Crippen LogP contribution < -0.4 is 0 Å². The first-order valence-corrected chi connectivity index (χ1v) is 13.0. The summed E-state index contributed by atoms with van der Waals surface area (Å²) in [6, 6.07) is 17.0. The summed E-state index contributed by atoms with van der Waals surface area (Å²) in [5.41, 5.74) is 6.15. The van der Waals surface area contributed by atoms with Crippen LogP contribution in [0.3, 0.4) is 0 Å². The van der Waals surface area contributed by atoms with Crippen LogP contribution in [-0.4, -0.2) is 42.3 Å². The Hall–Kier alpha value is -3.71. The number of piperidine rings is 1. The fourth-order valence-corrected chi connectivity index (χ4v) is 6.79. The Labute approximate surface area is 197 Å². The van der Waals surface area contributed by atoms with Crippen molar-refractivity contribution in [2.75, 3.05) is 13.1 Å². The van der Waals surface area contributed by atoms with Crippen LogP contribution in [0.2, 0.25) is 0 Å². The van der Waals surface area contributed by atoms with Crippen molar-refractivity contribution >= 4 is 32.2 Å². The predicted octanol–water partition coefficient (Wildman–Crippen LogP) is 4.59. The number of nitrogens with one attached hydrogen (secondary N) is 1. The van der Waals surface area contributed by atoms with Crippen LogP contribution in [-0.2, 0) is 15.6 Å². The molecule has 2 aliphatic heterocycles. The van der Waals surface area contributed by atoms with Crippen molar-refractivity contribution in [3.05, 3.63) is 101 Å². The highest BCUT2D eigenvalue weighted by Gasteiger charge is 2.31. The molecule has 2 aromatic heterocycles. The van der Waals surface area contributed by atoms with Crippen LogP contribution in [0.1, 0.15) is 39.9 Å². The van der Waals surface area contributed by atoms with Gasteiger partial charge in [-0.2, -0.15) is 0 Å². The van der Waals surface area contributed by atoms with Crippen molar-refractivity contribution in [1.82, 2.24) is 14.9 Å². The number of carbonyl (C=O) groups excluding carboxylic acids is 1. The summed E-state index contributed by atoms with van der Waals surface area (Å²) in [6.45, 7) is 1.15. The fraction of sp³-hybridized carbons (Fsp3) is 0.185. The number of carbonyl (C=O) groups is 1. The van der Waals surface area contributed by atoms with Gasteiger partial charge in [0.1, 0.15) is 0 Å².